The second kappa shape index (κ2) is 5.90. The molecule has 0 bridgehead atoms. The van der Waals surface area contributed by atoms with Gasteiger partial charge in [-0.25, -0.2) is 0 Å². The van der Waals surface area contributed by atoms with Crippen LogP contribution in [0.3, 0.4) is 0 Å². The zero-order valence-electron chi connectivity index (χ0n) is 16.0. The van der Waals surface area contributed by atoms with Crippen molar-refractivity contribution in [2.24, 2.45) is 0 Å². The molecule has 4 aromatic rings. The van der Waals surface area contributed by atoms with Gasteiger partial charge < -0.3 is 15.2 Å². The Labute approximate surface area is 165 Å². The maximum absolute atomic E-state index is 3.80. The molecule has 3 heteroatoms. The van der Waals surface area contributed by atoms with Crippen LogP contribution >= 0.6 is 0 Å². The quantitative estimate of drug-likeness (QED) is 0.420. The number of nitrogens with zero attached hydrogens (tertiary/aromatic N) is 1. The van der Waals surface area contributed by atoms with Gasteiger partial charge in [0.25, 0.3) is 0 Å². The van der Waals surface area contributed by atoms with Crippen LogP contribution in [0.25, 0.3) is 22.0 Å². The number of aryl methyl sites for hydroxylation is 1. The Morgan fingerprint density at radius 2 is 1.79 bits per heavy atom. The third kappa shape index (κ3) is 2.10. The van der Waals surface area contributed by atoms with Crippen molar-refractivity contribution in [3.05, 3.63) is 77.9 Å². The highest BCUT2D eigenvalue weighted by Crippen LogP contribution is 2.55. The van der Waals surface area contributed by atoms with Gasteiger partial charge in [-0.3, -0.25) is 0 Å². The van der Waals surface area contributed by atoms with E-state index in [1.807, 2.05) is 0 Å². The average molecular weight is 365 g/mol. The van der Waals surface area contributed by atoms with E-state index >= 15 is 0 Å². The number of nitrogens with one attached hydrogen (secondary N) is 2. The fourth-order valence-corrected chi connectivity index (χ4v) is 4.79. The van der Waals surface area contributed by atoms with Crippen molar-refractivity contribution < 1.29 is 0 Å². The van der Waals surface area contributed by atoms with Crippen LogP contribution < -0.4 is 10.2 Å². The molecule has 0 radical (unpaired) electrons. The van der Waals surface area contributed by atoms with Crippen molar-refractivity contribution in [1.82, 2.24) is 4.98 Å². The highest BCUT2D eigenvalue weighted by atomic mass is 15.4. The second-order valence-electron chi connectivity index (χ2n) is 7.85. The standard InChI is InChI=1S/C25H23N3/c1-2-3-8-16-13-14-22-20(15-16)17-9-4-5-10-18(17)24-27-23-19-11-6-7-12-21(19)26-25(23)28(22)24/h4-7,9-15,24,26-27H,2-3,8H2,1H3. The molecule has 0 fully saturated rings. The first-order valence-electron chi connectivity index (χ1n) is 10.2. The summed E-state index contributed by atoms with van der Waals surface area (Å²) in [5.74, 6) is 1.17. The lowest BCUT2D eigenvalue weighted by atomic mass is 9.90. The van der Waals surface area contributed by atoms with E-state index in [4.69, 9.17) is 0 Å². The van der Waals surface area contributed by atoms with Crippen LogP contribution in [0.4, 0.5) is 17.2 Å². The molecule has 6 rings (SSSR count). The molecule has 0 spiro atoms. The van der Waals surface area contributed by atoms with Gasteiger partial charge in [0, 0.05) is 22.0 Å². The summed E-state index contributed by atoms with van der Waals surface area (Å²) in [7, 11) is 0. The van der Waals surface area contributed by atoms with Crippen molar-refractivity contribution in [3.63, 3.8) is 0 Å². The summed E-state index contributed by atoms with van der Waals surface area (Å²) < 4.78 is 0. The van der Waals surface area contributed by atoms with Gasteiger partial charge in [-0.15, -0.1) is 0 Å². The number of anilines is 3. The fourth-order valence-electron chi connectivity index (χ4n) is 4.79. The van der Waals surface area contributed by atoms with E-state index in [0.29, 0.717) is 0 Å². The van der Waals surface area contributed by atoms with Crippen molar-refractivity contribution >= 4 is 28.1 Å². The van der Waals surface area contributed by atoms with E-state index < -0.39 is 0 Å². The van der Waals surface area contributed by atoms with E-state index in [9.17, 15) is 0 Å². The van der Waals surface area contributed by atoms with Gasteiger partial charge in [-0.2, -0.15) is 0 Å². The summed E-state index contributed by atoms with van der Waals surface area (Å²) >= 11 is 0. The van der Waals surface area contributed by atoms with Gasteiger partial charge in [0.2, 0.25) is 0 Å². The number of fused-ring (bicyclic) bond motifs is 10. The van der Waals surface area contributed by atoms with Crippen molar-refractivity contribution in [3.8, 4) is 11.1 Å². The molecule has 1 unspecified atom stereocenters. The van der Waals surface area contributed by atoms with E-state index in [0.717, 1.165) is 6.42 Å². The highest BCUT2D eigenvalue weighted by Gasteiger charge is 2.39. The van der Waals surface area contributed by atoms with Crippen LogP contribution in [0.2, 0.25) is 0 Å². The Hall–Kier alpha value is -3.20. The number of aromatic amines is 1. The molecular weight excluding hydrogens is 342 g/mol. The molecule has 0 amide bonds. The molecule has 2 aliphatic heterocycles. The van der Waals surface area contributed by atoms with Gasteiger partial charge >= 0.3 is 0 Å². The number of aromatic nitrogens is 1. The molecule has 28 heavy (non-hydrogen) atoms. The van der Waals surface area contributed by atoms with E-state index in [-0.39, 0.29) is 6.17 Å². The van der Waals surface area contributed by atoms with Crippen molar-refractivity contribution in [2.75, 3.05) is 10.2 Å². The number of hydrogen-bond donors (Lipinski definition) is 2. The number of benzene rings is 3. The zero-order chi connectivity index (χ0) is 18.7. The number of H-pyrrole nitrogens is 1. The largest absolute Gasteiger partial charge is 0.358 e. The van der Waals surface area contributed by atoms with Crippen LogP contribution in [-0.2, 0) is 6.42 Å². The molecule has 0 saturated heterocycles. The van der Waals surface area contributed by atoms with Gasteiger partial charge in [0.1, 0.15) is 12.0 Å². The molecule has 138 valence electrons. The lowest BCUT2D eigenvalue weighted by molar-refractivity contribution is 0.791. The third-order valence-electron chi connectivity index (χ3n) is 6.15. The Morgan fingerprint density at radius 1 is 0.929 bits per heavy atom. The summed E-state index contributed by atoms with van der Waals surface area (Å²) in [5.41, 5.74) is 9.13. The van der Waals surface area contributed by atoms with E-state index in [2.05, 4.69) is 88.9 Å². The van der Waals surface area contributed by atoms with Crippen molar-refractivity contribution in [1.29, 1.82) is 0 Å². The lowest BCUT2D eigenvalue weighted by Crippen LogP contribution is -2.28. The van der Waals surface area contributed by atoms with Crippen LogP contribution in [0.15, 0.2) is 66.7 Å². The first-order chi connectivity index (χ1) is 13.8. The number of para-hydroxylation sites is 1. The van der Waals surface area contributed by atoms with Crippen molar-refractivity contribution in [2.45, 2.75) is 32.4 Å². The van der Waals surface area contributed by atoms with E-state index in [1.54, 1.807) is 0 Å². The molecule has 0 saturated carbocycles. The van der Waals surface area contributed by atoms with Gasteiger partial charge in [0.15, 0.2) is 0 Å². The summed E-state index contributed by atoms with van der Waals surface area (Å²) in [4.78, 5) is 6.10. The van der Waals surface area contributed by atoms with Crippen LogP contribution in [0, 0.1) is 0 Å². The minimum Gasteiger partial charge on any atom is -0.358 e. The van der Waals surface area contributed by atoms with Crippen LogP contribution in [-0.4, -0.2) is 4.98 Å². The minimum atomic E-state index is 0.135. The molecular formula is C25H23N3. The summed E-state index contributed by atoms with van der Waals surface area (Å²) in [5, 5.41) is 5.06. The SMILES string of the molecule is CCCCc1ccc2c(c1)-c1ccccc1C1Nc3c([nH]c4ccccc34)N21. The Balaban J connectivity index is 1.58. The second-order valence-corrected chi connectivity index (χ2v) is 7.85. The topological polar surface area (TPSA) is 31.1 Å². The molecule has 1 aromatic heterocycles. The van der Waals surface area contributed by atoms with Crippen LogP contribution in [0.5, 0.6) is 0 Å². The molecule has 0 aliphatic carbocycles. The fraction of sp³-hybridized carbons (Fsp3) is 0.200. The van der Waals surface area contributed by atoms with Crippen LogP contribution in [0.1, 0.15) is 37.1 Å². The molecule has 3 aromatic carbocycles. The van der Waals surface area contributed by atoms with Gasteiger partial charge in [-0.05, 0) is 42.2 Å². The minimum absolute atomic E-state index is 0.135. The molecule has 3 nitrogen and oxygen atoms in total. The summed E-state index contributed by atoms with van der Waals surface area (Å²) in [6.45, 7) is 2.26. The Kier molecular flexibility index (Phi) is 3.33. The lowest BCUT2D eigenvalue weighted by Gasteiger charge is -2.35. The van der Waals surface area contributed by atoms with Gasteiger partial charge in [-0.1, -0.05) is 61.9 Å². The smallest absolute Gasteiger partial charge is 0.137 e. The number of hydrogen-bond acceptors (Lipinski definition) is 2. The Morgan fingerprint density at radius 3 is 2.71 bits per heavy atom. The number of unbranched alkanes of at least 4 members (excludes halogenated alkanes) is 1. The molecule has 2 aliphatic rings. The predicted octanol–water partition coefficient (Wildman–Crippen LogP) is 6.75. The summed E-state index contributed by atoms with van der Waals surface area (Å²) in [6.07, 6.45) is 3.74. The van der Waals surface area contributed by atoms with E-state index in [1.165, 1.54) is 63.2 Å². The molecule has 3 heterocycles. The summed E-state index contributed by atoms with van der Waals surface area (Å²) in [6, 6.07) is 24.4. The maximum atomic E-state index is 3.80. The monoisotopic (exact) mass is 365 g/mol. The Bertz CT molecular complexity index is 1200. The first kappa shape index (κ1) is 15.8. The molecule has 2 N–H and O–H groups in total. The number of rotatable bonds is 3. The highest BCUT2D eigenvalue weighted by molar-refractivity contribution is 6.05. The molecule has 1 atom stereocenters. The average Bonchev–Trinajstić information content (AvgIpc) is 3.29. The predicted molar refractivity (Wildman–Crippen MR) is 117 cm³/mol. The maximum Gasteiger partial charge on any atom is 0.137 e. The zero-order valence-corrected chi connectivity index (χ0v) is 16.0. The van der Waals surface area contributed by atoms with Gasteiger partial charge in [0.05, 0.1) is 11.4 Å². The normalized spacial score (nSPS) is 16.3. The first-order valence-corrected chi connectivity index (χ1v) is 10.2. The third-order valence-corrected chi connectivity index (χ3v) is 6.15.